The summed E-state index contributed by atoms with van der Waals surface area (Å²) in [6.45, 7) is 6.94. The average Bonchev–Trinajstić information content (AvgIpc) is 2.95. The molecule has 0 spiro atoms. The molecule has 0 fully saturated rings. The number of hydrogen-bond acceptors (Lipinski definition) is 0. The molecule has 3 rings (SSSR count). The van der Waals surface area contributed by atoms with E-state index in [4.69, 9.17) is 0 Å². The van der Waals surface area contributed by atoms with Crippen molar-refractivity contribution >= 4 is 53.7 Å². The zero-order valence-electron chi connectivity index (χ0n) is 14.2. The van der Waals surface area contributed by atoms with Gasteiger partial charge < -0.3 is 0 Å². The van der Waals surface area contributed by atoms with Gasteiger partial charge in [-0.1, -0.05) is 0 Å². The van der Waals surface area contributed by atoms with Crippen LogP contribution in [0.5, 0.6) is 0 Å². The second kappa shape index (κ2) is 7.08. The van der Waals surface area contributed by atoms with Gasteiger partial charge >= 0.3 is 140 Å². The number of aryl methyl sites for hydroxylation is 1. The Balaban J connectivity index is 0.00000132. The van der Waals surface area contributed by atoms with Gasteiger partial charge in [-0.15, -0.1) is 24.8 Å². The minimum atomic E-state index is -2.97. The Kier molecular flexibility index (Phi) is 6.66. The van der Waals surface area contributed by atoms with Crippen LogP contribution in [0.1, 0.15) is 33.7 Å². The molecule has 0 bridgehead atoms. The molecule has 1 aromatic rings. The molecule has 0 heterocycles. The Morgan fingerprint density at radius 3 is 2.39 bits per heavy atom. The first-order valence-electron chi connectivity index (χ1n) is 7.61. The Morgan fingerprint density at radius 1 is 1.17 bits per heavy atom. The molecular weight excluding hydrogens is 486 g/mol. The monoisotopic (exact) mass is 508 g/mol. The molecule has 2 aliphatic rings. The van der Waals surface area contributed by atoms with E-state index in [0.29, 0.717) is 3.63 Å². The van der Waals surface area contributed by atoms with Crippen molar-refractivity contribution in [2.75, 3.05) is 0 Å². The summed E-state index contributed by atoms with van der Waals surface area (Å²) in [6.07, 6.45) is 10.6. The van der Waals surface area contributed by atoms with E-state index in [1.807, 2.05) is 0 Å². The molecule has 126 valence electrons. The number of fused-ring (bicyclic) bond motifs is 1. The van der Waals surface area contributed by atoms with Gasteiger partial charge in [-0.3, -0.25) is 0 Å². The quantitative estimate of drug-likeness (QED) is 0.413. The molecule has 0 aliphatic heterocycles. The van der Waals surface area contributed by atoms with Gasteiger partial charge in [0.15, 0.2) is 0 Å². The summed E-state index contributed by atoms with van der Waals surface area (Å²) in [5, 5.41) is 0. The molecule has 0 saturated carbocycles. The SMILES string of the molecule is CC1=Cc2c(C)cc(Br)cc2[CH]1[Zr]([CH3])([CH3])(=[SiH2])[C]1=CC=CC1.Cl.Cl. The van der Waals surface area contributed by atoms with Gasteiger partial charge in [0.2, 0.25) is 0 Å². The summed E-state index contributed by atoms with van der Waals surface area (Å²) in [5.41, 5.74) is 6.01. The van der Waals surface area contributed by atoms with E-state index in [2.05, 4.69) is 82.4 Å². The maximum atomic E-state index is 3.71. The molecule has 0 N–H and O–H groups in total. The zero-order valence-corrected chi connectivity index (χ0v) is 21.2. The van der Waals surface area contributed by atoms with Gasteiger partial charge in [-0.2, -0.15) is 0 Å². The molecule has 1 atom stereocenters. The van der Waals surface area contributed by atoms with E-state index in [1.54, 1.807) is 14.4 Å². The van der Waals surface area contributed by atoms with Crippen LogP contribution in [0.2, 0.25) is 9.26 Å². The third-order valence-corrected chi connectivity index (χ3v) is 23.4. The van der Waals surface area contributed by atoms with Gasteiger partial charge in [0.05, 0.1) is 0 Å². The molecule has 0 radical (unpaired) electrons. The number of benzene rings is 1. The summed E-state index contributed by atoms with van der Waals surface area (Å²) < 4.78 is 8.89. The maximum absolute atomic E-state index is 3.71. The zero-order chi connectivity index (χ0) is 15.4. The van der Waals surface area contributed by atoms with E-state index in [9.17, 15) is 0 Å². The van der Waals surface area contributed by atoms with Gasteiger partial charge in [0, 0.05) is 0 Å². The van der Waals surface area contributed by atoms with Crippen molar-refractivity contribution in [1.29, 1.82) is 0 Å². The van der Waals surface area contributed by atoms with Crippen LogP contribution in [0, 0.1) is 6.92 Å². The van der Waals surface area contributed by atoms with Crippen molar-refractivity contribution in [3.63, 3.8) is 0 Å². The van der Waals surface area contributed by atoms with E-state index < -0.39 is 17.4 Å². The Bertz CT molecular complexity index is 799. The second-order valence-corrected chi connectivity index (χ2v) is 38.3. The largest absolute Gasteiger partial charge is 0.147 e. The van der Waals surface area contributed by atoms with Crippen molar-refractivity contribution in [2.45, 2.75) is 33.2 Å². The predicted molar refractivity (Wildman–Crippen MR) is 112 cm³/mol. The molecular formula is C18H25BrCl2SiZr. The fourth-order valence-corrected chi connectivity index (χ4v) is 20.9. The van der Waals surface area contributed by atoms with Crippen molar-refractivity contribution in [2.24, 2.45) is 0 Å². The first-order chi connectivity index (χ1) is 9.69. The van der Waals surface area contributed by atoms with Crippen LogP contribution in [0.3, 0.4) is 0 Å². The predicted octanol–water partition coefficient (Wildman–Crippen LogP) is 6.24. The number of hydrogen-bond donors (Lipinski definition) is 0. The Hall–Kier alpha value is 0.600. The minimum absolute atomic E-state index is 0. The molecule has 0 amide bonds. The summed E-state index contributed by atoms with van der Waals surface area (Å²) in [6, 6.07) is 4.62. The van der Waals surface area contributed by atoms with E-state index in [-0.39, 0.29) is 24.8 Å². The number of allylic oxidation sites excluding steroid dienone is 5. The molecule has 0 aromatic heterocycles. The fraction of sp³-hybridized carbons (Fsp3) is 0.333. The Morgan fingerprint density at radius 2 is 1.83 bits per heavy atom. The topological polar surface area (TPSA) is 0 Å². The number of rotatable bonds is 2. The summed E-state index contributed by atoms with van der Waals surface area (Å²) in [7, 11) is 0. The first kappa shape index (κ1) is 21.6. The molecule has 1 unspecified atom stereocenters. The normalized spacial score (nSPS) is 19.5. The van der Waals surface area contributed by atoms with Crippen LogP contribution in [0.15, 0.2) is 43.7 Å². The van der Waals surface area contributed by atoms with Gasteiger partial charge in [-0.25, -0.2) is 0 Å². The maximum Gasteiger partial charge on any atom is -0.147 e. The van der Waals surface area contributed by atoms with Crippen LogP contribution in [0.4, 0.5) is 0 Å². The van der Waals surface area contributed by atoms with E-state index >= 15 is 0 Å². The van der Waals surface area contributed by atoms with Crippen LogP contribution in [-0.4, -0.2) is 6.88 Å². The summed E-state index contributed by atoms with van der Waals surface area (Å²) in [5.74, 6) is 0. The Labute approximate surface area is 163 Å². The fourth-order valence-electron chi connectivity index (χ4n) is 4.24. The molecule has 5 heteroatoms. The van der Waals surface area contributed by atoms with Gasteiger partial charge in [0.25, 0.3) is 0 Å². The van der Waals surface area contributed by atoms with Gasteiger partial charge in [-0.05, 0) is 0 Å². The van der Waals surface area contributed by atoms with Crippen molar-refractivity contribution in [3.8, 4) is 0 Å². The van der Waals surface area contributed by atoms with Crippen LogP contribution in [-0.2, 0) is 17.4 Å². The van der Waals surface area contributed by atoms with E-state index in [0.717, 1.165) is 0 Å². The van der Waals surface area contributed by atoms with E-state index in [1.165, 1.54) is 22.0 Å². The third-order valence-electron chi connectivity index (χ3n) is 5.27. The average molecular weight is 512 g/mol. The minimum Gasteiger partial charge on any atom is -0.147 e. The second-order valence-electron chi connectivity index (χ2n) is 7.68. The molecule has 2 aliphatic carbocycles. The molecule has 0 nitrogen and oxygen atoms in total. The summed E-state index contributed by atoms with van der Waals surface area (Å²) >= 11 is 0.735. The van der Waals surface area contributed by atoms with Crippen LogP contribution in [0.25, 0.3) is 6.08 Å². The van der Waals surface area contributed by atoms with Crippen molar-refractivity contribution < 1.29 is 17.4 Å². The smallest absolute Gasteiger partial charge is 0.147 e. The molecule has 0 saturated heterocycles. The first-order valence-corrected chi connectivity index (χ1v) is 21.9. The van der Waals surface area contributed by atoms with Crippen molar-refractivity contribution in [3.05, 3.63) is 60.4 Å². The molecule has 23 heavy (non-hydrogen) atoms. The van der Waals surface area contributed by atoms with Crippen LogP contribution >= 0.6 is 40.7 Å². The van der Waals surface area contributed by atoms with Gasteiger partial charge in [0.1, 0.15) is 0 Å². The molecule has 1 aromatic carbocycles. The summed E-state index contributed by atoms with van der Waals surface area (Å²) in [4.78, 5) is 0. The van der Waals surface area contributed by atoms with Crippen LogP contribution < -0.4 is 0 Å². The standard InChI is InChI=1S/C11H10Br.C5H5.2CH3.2ClH.H2Si.Zr/c1-7-3-9-6-10(12)5-8(2)11(9)4-7;1-2-4-5-3-1;;;;;;/h3-6H,1-2H3;1-3H,4H2;2*1H3;2*1H;1H2;. The number of halogens is 3. The third kappa shape index (κ3) is 3.60. The van der Waals surface area contributed by atoms with Crippen molar-refractivity contribution in [1.82, 2.24) is 0 Å².